The van der Waals surface area contributed by atoms with Crippen LogP contribution < -0.4 is 20.7 Å². The lowest BCUT2D eigenvalue weighted by Crippen LogP contribution is -2.35. The van der Waals surface area contributed by atoms with E-state index in [-0.39, 0.29) is 11.8 Å². The van der Waals surface area contributed by atoms with Gasteiger partial charge in [-0.2, -0.15) is 5.26 Å². The summed E-state index contributed by atoms with van der Waals surface area (Å²) >= 11 is 6.98. The summed E-state index contributed by atoms with van der Waals surface area (Å²) in [6.45, 7) is 6.74. The van der Waals surface area contributed by atoms with Gasteiger partial charge >= 0.3 is 5.97 Å². The van der Waals surface area contributed by atoms with Gasteiger partial charge in [0, 0.05) is 55.6 Å². The third kappa shape index (κ3) is 6.33. The number of likely N-dealkylation sites (tertiary alicyclic amines) is 1. The fourth-order valence-electron chi connectivity index (χ4n) is 7.12. The highest BCUT2D eigenvalue weighted by atomic mass is 35.5. The third-order valence-electron chi connectivity index (χ3n) is 9.94. The number of piperidine rings is 1. The Balaban J connectivity index is 1.11. The van der Waals surface area contributed by atoms with Crippen LogP contribution in [-0.4, -0.2) is 50.6 Å². The molecule has 256 valence electrons. The van der Waals surface area contributed by atoms with Crippen molar-refractivity contribution in [2.24, 2.45) is 13.0 Å². The van der Waals surface area contributed by atoms with Crippen LogP contribution in [0.15, 0.2) is 54.7 Å². The summed E-state index contributed by atoms with van der Waals surface area (Å²) in [5, 5.41) is 29.5. The third-order valence-corrected chi connectivity index (χ3v) is 10.3. The number of nitrogens with zero attached hydrogens (tertiary/aromatic N) is 4. The van der Waals surface area contributed by atoms with Crippen LogP contribution in [0.5, 0.6) is 5.75 Å². The number of aliphatic carboxylic acids is 1. The zero-order valence-electron chi connectivity index (χ0n) is 28.1. The van der Waals surface area contributed by atoms with Gasteiger partial charge in [0.1, 0.15) is 6.07 Å². The lowest BCUT2D eigenvalue weighted by atomic mass is 9.95. The van der Waals surface area contributed by atoms with Crippen LogP contribution in [0, 0.1) is 24.2 Å². The predicted octanol–water partition coefficient (Wildman–Crippen LogP) is 6.31. The lowest BCUT2D eigenvalue weighted by Gasteiger charge is -2.30. The maximum atomic E-state index is 13.4. The molecule has 0 radical (unpaired) electrons. The molecule has 1 fully saturated rings. The summed E-state index contributed by atoms with van der Waals surface area (Å²) in [5.41, 5.74) is 7.84. The van der Waals surface area contributed by atoms with E-state index >= 15 is 0 Å². The molecule has 12 heteroatoms. The minimum atomic E-state index is -0.734. The number of carboxylic acid groups (broad SMARTS) is 1. The van der Waals surface area contributed by atoms with Crippen LogP contribution in [0.2, 0.25) is 5.02 Å². The average molecular weight is 692 g/mol. The smallest absolute Gasteiger partial charge is 0.306 e. The van der Waals surface area contributed by atoms with Crippen LogP contribution in [-0.2, 0) is 31.4 Å². The van der Waals surface area contributed by atoms with E-state index in [0.717, 1.165) is 45.6 Å². The Morgan fingerprint density at radius 1 is 1.14 bits per heavy atom. The second-order valence-electron chi connectivity index (χ2n) is 13.2. The Bertz CT molecular complexity index is 2090. The van der Waals surface area contributed by atoms with Gasteiger partial charge < -0.3 is 30.4 Å². The SMILES string of the molecule is Cc1c(C2=CNc3cc(CN4CCC(C(=O)O)CC4)cc(C#N)c3O2)cccc1-c1cccc(NC(=O)c2nc3c(n2C)CC(C)NC3)c1Cl. The largest absolute Gasteiger partial charge is 0.481 e. The Hall–Kier alpha value is -5.15. The summed E-state index contributed by atoms with van der Waals surface area (Å²) < 4.78 is 8.26. The van der Waals surface area contributed by atoms with E-state index < -0.39 is 5.97 Å². The number of aromatic nitrogens is 2. The first kappa shape index (κ1) is 33.4. The van der Waals surface area contributed by atoms with Crippen molar-refractivity contribution in [1.82, 2.24) is 19.8 Å². The first-order valence-corrected chi connectivity index (χ1v) is 17.1. The van der Waals surface area contributed by atoms with Crippen molar-refractivity contribution in [3.8, 4) is 22.9 Å². The van der Waals surface area contributed by atoms with Crippen molar-refractivity contribution in [3.63, 3.8) is 0 Å². The number of nitriles is 1. The van der Waals surface area contributed by atoms with Gasteiger partial charge in [-0.25, -0.2) is 4.98 Å². The summed E-state index contributed by atoms with van der Waals surface area (Å²) in [4.78, 5) is 31.6. The highest BCUT2D eigenvalue weighted by Gasteiger charge is 2.27. The van der Waals surface area contributed by atoms with E-state index in [2.05, 4.69) is 38.8 Å². The first-order valence-electron chi connectivity index (χ1n) is 16.8. The van der Waals surface area contributed by atoms with Crippen LogP contribution >= 0.6 is 11.6 Å². The average Bonchev–Trinajstić information content (AvgIpc) is 3.44. The number of hydrogen-bond donors (Lipinski definition) is 4. The topological polar surface area (TPSA) is 145 Å². The molecule has 0 aliphatic carbocycles. The van der Waals surface area contributed by atoms with Crippen molar-refractivity contribution in [2.75, 3.05) is 23.7 Å². The van der Waals surface area contributed by atoms with E-state index in [9.17, 15) is 20.0 Å². The number of fused-ring (bicyclic) bond motifs is 2. The van der Waals surface area contributed by atoms with Crippen molar-refractivity contribution in [1.29, 1.82) is 5.26 Å². The van der Waals surface area contributed by atoms with Gasteiger partial charge in [0.2, 0.25) is 0 Å². The monoisotopic (exact) mass is 691 g/mol. The van der Waals surface area contributed by atoms with Gasteiger partial charge in [-0.15, -0.1) is 0 Å². The number of hydrogen-bond acceptors (Lipinski definition) is 8. The maximum Gasteiger partial charge on any atom is 0.306 e. The van der Waals surface area contributed by atoms with E-state index in [1.807, 2.05) is 61.0 Å². The number of anilines is 2. The van der Waals surface area contributed by atoms with Gasteiger partial charge in [-0.3, -0.25) is 14.5 Å². The number of halogens is 1. The maximum absolute atomic E-state index is 13.4. The molecule has 4 heterocycles. The molecule has 1 atom stereocenters. The fourth-order valence-corrected chi connectivity index (χ4v) is 7.40. The summed E-state index contributed by atoms with van der Waals surface area (Å²) in [7, 11) is 1.87. The molecule has 4 N–H and O–H groups in total. The normalized spacial score (nSPS) is 17.4. The van der Waals surface area contributed by atoms with Crippen molar-refractivity contribution < 1.29 is 19.4 Å². The Kier molecular flexibility index (Phi) is 9.09. The second-order valence-corrected chi connectivity index (χ2v) is 13.6. The van der Waals surface area contributed by atoms with Gasteiger partial charge in [0.25, 0.3) is 5.91 Å². The highest BCUT2D eigenvalue weighted by molar-refractivity contribution is 6.36. The molecule has 1 amide bonds. The number of rotatable bonds is 7. The molecule has 4 aromatic rings. The van der Waals surface area contributed by atoms with E-state index in [0.29, 0.717) is 84.4 Å². The number of benzene rings is 3. The molecule has 50 heavy (non-hydrogen) atoms. The molecule has 0 saturated carbocycles. The molecule has 0 spiro atoms. The molecule has 1 aromatic heterocycles. The molecule has 3 aliphatic heterocycles. The molecule has 7 rings (SSSR count). The van der Waals surface area contributed by atoms with Crippen molar-refractivity contribution in [2.45, 2.75) is 52.2 Å². The zero-order valence-corrected chi connectivity index (χ0v) is 28.9. The summed E-state index contributed by atoms with van der Waals surface area (Å²) in [6.07, 6.45) is 3.82. The summed E-state index contributed by atoms with van der Waals surface area (Å²) in [6, 6.07) is 17.8. The molecular weight excluding hydrogens is 654 g/mol. The Morgan fingerprint density at radius 2 is 1.88 bits per heavy atom. The van der Waals surface area contributed by atoms with Gasteiger partial charge in [-0.1, -0.05) is 41.9 Å². The molecule has 11 nitrogen and oxygen atoms in total. The van der Waals surface area contributed by atoms with Crippen molar-refractivity contribution in [3.05, 3.63) is 99.2 Å². The number of carbonyl (C=O) groups excluding carboxylic acids is 1. The first-order chi connectivity index (χ1) is 24.1. The lowest BCUT2D eigenvalue weighted by molar-refractivity contribution is -0.143. The molecule has 0 bridgehead atoms. The van der Waals surface area contributed by atoms with Gasteiger partial charge in [-0.05, 0) is 74.7 Å². The van der Waals surface area contributed by atoms with Crippen molar-refractivity contribution >= 4 is 40.6 Å². The van der Waals surface area contributed by atoms with E-state index in [4.69, 9.17) is 16.3 Å². The summed E-state index contributed by atoms with van der Waals surface area (Å²) in [5.74, 6) is -0.0163. The minimum absolute atomic E-state index is 0.296. The van der Waals surface area contributed by atoms with Gasteiger partial charge in [0.05, 0.1) is 33.6 Å². The van der Waals surface area contributed by atoms with Crippen LogP contribution in [0.1, 0.15) is 64.0 Å². The molecule has 1 saturated heterocycles. The quantitative estimate of drug-likeness (QED) is 0.175. The van der Waals surface area contributed by atoms with Crippen LogP contribution in [0.4, 0.5) is 11.4 Å². The standard InChI is InChI=1S/C38H38ClN7O4/c1-21-14-32-31(18-41-21)43-36(45(32)3)37(47)44-29-9-5-8-28(34(29)39)26-6-4-7-27(22(26)2)33-19-42-30-16-23(15-25(17-40)35(30)50-33)20-46-12-10-24(11-13-46)38(48)49/h4-9,15-16,19,21,24,41-42H,10-14,18,20H2,1-3H3,(H,44,47)(H,48,49). The Morgan fingerprint density at radius 3 is 2.64 bits per heavy atom. The molecular formula is C38H38ClN7O4. The number of amides is 1. The predicted molar refractivity (Wildman–Crippen MR) is 192 cm³/mol. The highest BCUT2D eigenvalue weighted by Crippen LogP contribution is 2.41. The fraction of sp³-hybridized carbons (Fsp3) is 0.316. The molecule has 3 aromatic carbocycles. The number of carbonyl (C=O) groups is 2. The van der Waals surface area contributed by atoms with E-state index in [1.54, 1.807) is 12.3 Å². The number of carboxylic acids is 1. The van der Waals surface area contributed by atoms with Crippen LogP contribution in [0.3, 0.4) is 0 Å². The van der Waals surface area contributed by atoms with Gasteiger partial charge in [0.15, 0.2) is 17.3 Å². The number of imidazole rings is 1. The number of nitrogens with one attached hydrogen (secondary N) is 3. The Labute approximate surface area is 295 Å². The second kappa shape index (κ2) is 13.6. The van der Waals surface area contributed by atoms with Crippen LogP contribution in [0.25, 0.3) is 16.9 Å². The van der Waals surface area contributed by atoms with E-state index in [1.165, 1.54) is 0 Å². The number of ether oxygens (including phenoxy) is 1. The minimum Gasteiger partial charge on any atom is -0.481 e. The molecule has 3 aliphatic rings. The zero-order chi connectivity index (χ0) is 35.1. The molecule has 1 unspecified atom stereocenters.